The van der Waals surface area contributed by atoms with E-state index in [2.05, 4.69) is 10.6 Å². The van der Waals surface area contributed by atoms with Crippen molar-refractivity contribution in [3.63, 3.8) is 0 Å². The fourth-order valence-corrected chi connectivity index (χ4v) is 4.17. The number of anilines is 1. The minimum atomic E-state index is -1.01. The highest BCUT2D eigenvalue weighted by Gasteiger charge is 2.55. The standard InChI is InChI=1S/C22H22N2O5/c25-20(23-12-13-5-2-1-3-6-13)14-7-4-8-15(11-14)24-21(26)18-16-9-10-17(29-16)19(18)22(27)28/h1-8,11,16-19H,9-10,12H2,(H,23,25)(H,24,26)(H,27,28)/t16-,17+,18-,19+/m1/s1. The van der Waals surface area contributed by atoms with Crippen molar-refractivity contribution in [1.29, 1.82) is 0 Å². The molecule has 2 aliphatic rings. The number of carboxylic acid groups (broad SMARTS) is 1. The average molecular weight is 394 g/mol. The summed E-state index contributed by atoms with van der Waals surface area (Å²) in [5.74, 6) is -3.19. The topological polar surface area (TPSA) is 105 Å². The van der Waals surface area contributed by atoms with Gasteiger partial charge in [-0.1, -0.05) is 36.4 Å². The molecule has 2 saturated heterocycles. The largest absolute Gasteiger partial charge is 0.481 e. The van der Waals surface area contributed by atoms with Crippen molar-refractivity contribution < 1.29 is 24.2 Å². The van der Waals surface area contributed by atoms with E-state index in [0.717, 1.165) is 5.56 Å². The molecule has 0 unspecified atom stereocenters. The summed E-state index contributed by atoms with van der Waals surface area (Å²) in [6.07, 6.45) is 0.596. The molecule has 2 heterocycles. The molecule has 0 aromatic heterocycles. The second kappa shape index (κ2) is 8.05. The number of aliphatic carboxylic acids is 1. The highest BCUT2D eigenvalue weighted by atomic mass is 16.5. The van der Waals surface area contributed by atoms with E-state index in [1.807, 2.05) is 30.3 Å². The van der Waals surface area contributed by atoms with Gasteiger partial charge in [0.15, 0.2) is 0 Å². The third-order valence-corrected chi connectivity index (χ3v) is 5.55. The number of benzene rings is 2. The summed E-state index contributed by atoms with van der Waals surface area (Å²) in [5.41, 5.74) is 1.85. The molecule has 2 aromatic carbocycles. The lowest BCUT2D eigenvalue weighted by Crippen LogP contribution is -2.41. The van der Waals surface area contributed by atoms with Gasteiger partial charge in [0.25, 0.3) is 5.91 Å². The Morgan fingerprint density at radius 2 is 1.69 bits per heavy atom. The van der Waals surface area contributed by atoms with Crippen molar-refractivity contribution in [2.75, 3.05) is 5.32 Å². The maximum absolute atomic E-state index is 12.8. The molecule has 3 N–H and O–H groups in total. The number of ether oxygens (including phenoxy) is 1. The van der Waals surface area contributed by atoms with E-state index >= 15 is 0 Å². The molecule has 0 saturated carbocycles. The van der Waals surface area contributed by atoms with Crippen LogP contribution in [0, 0.1) is 11.8 Å². The Bertz CT molecular complexity index is 930. The van der Waals surface area contributed by atoms with Crippen LogP contribution in [-0.2, 0) is 20.9 Å². The predicted molar refractivity (Wildman–Crippen MR) is 105 cm³/mol. The molecule has 2 aromatic rings. The minimum Gasteiger partial charge on any atom is -0.481 e. The Labute approximate surface area is 168 Å². The lowest BCUT2D eigenvalue weighted by molar-refractivity contribution is -0.147. The van der Waals surface area contributed by atoms with E-state index in [4.69, 9.17) is 4.74 Å². The molecule has 2 amide bonds. The van der Waals surface area contributed by atoms with Crippen molar-refractivity contribution in [2.45, 2.75) is 31.6 Å². The fraction of sp³-hybridized carbons (Fsp3) is 0.318. The van der Waals surface area contributed by atoms with Crippen LogP contribution in [0.25, 0.3) is 0 Å². The molecule has 29 heavy (non-hydrogen) atoms. The number of hydrogen-bond acceptors (Lipinski definition) is 4. The molecule has 0 spiro atoms. The SMILES string of the molecule is O=C(NCc1ccccc1)c1cccc(NC(=O)[C@H]2[C@@H](C(=O)O)[C@@H]3CC[C@H]2O3)c1. The van der Waals surface area contributed by atoms with Gasteiger partial charge in [-0.3, -0.25) is 14.4 Å². The summed E-state index contributed by atoms with van der Waals surface area (Å²) in [4.78, 5) is 36.8. The Morgan fingerprint density at radius 3 is 2.41 bits per heavy atom. The zero-order valence-electron chi connectivity index (χ0n) is 15.7. The van der Waals surface area contributed by atoms with Crippen LogP contribution in [0.3, 0.4) is 0 Å². The summed E-state index contributed by atoms with van der Waals surface area (Å²) in [7, 11) is 0. The summed E-state index contributed by atoms with van der Waals surface area (Å²) >= 11 is 0. The molecule has 7 heteroatoms. The van der Waals surface area contributed by atoms with Gasteiger partial charge < -0.3 is 20.5 Å². The Balaban J connectivity index is 1.41. The van der Waals surface area contributed by atoms with Crippen LogP contribution < -0.4 is 10.6 Å². The van der Waals surface area contributed by atoms with Gasteiger partial charge in [-0.05, 0) is 36.6 Å². The number of fused-ring (bicyclic) bond motifs is 2. The Morgan fingerprint density at radius 1 is 0.966 bits per heavy atom. The van der Waals surface area contributed by atoms with Gasteiger partial charge in [-0.2, -0.15) is 0 Å². The van der Waals surface area contributed by atoms with Crippen molar-refractivity contribution in [1.82, 2.24) is 5.32 Å². The molecule has 150 valence electrons. The van der Waals surface area contributed by atoms with Gasteiger partial charge in [-0.25, -0.2) is 0 Å². The third kappa shape index (κ3) is 4.00. The van der Waals surface area contributed by atoms with Crippen LogP contribution in [-0.4, -0.2) is 35.1 Å². The number of carboxylic acids is 1. The van der Waals surface area contributed by atoms with E-state index < -0.39 is 23.9 Å². The van der Waals surface area contributed by atoms with E-state index in [1.165, 1.54) is 0 Å². The molecule has 4 atom stereocenters. The smallest absolute Gasteiger partial charge is 0.310 e. The average Bonchev–Trinajstić information content (AvgIpc) is 3.34. The van der Waals surface area contributed by atoms with E-state index in [-0.39, 0.29) is 17.9 Å². The Hall–Kier alpha value is -3.19. The summed E-state index contributed by atoms with van der Waals surface area (Å²) in [6.45, 7) is 0.402. The van der Waals surface area contributed by atoms with E-state index in [9.17, 15) is 19.5 Å². The number of carbonyl (C=O) groups excluding carboxylic acids is 2. The molecule has 2 bridgehead atoms. The van der Waals surface area contributed by atoms with E-state index in [1.54, 1.807) is 24.3 Å². The maximum atomic E-state index is 12.8. The van der Waals surface area contributed by atoms with Gasteiger partial charge in [0.05, 0.1) is 24.0 Å². The lowest BCUT2D eigenvalue weighted by atomic mass is 9.78. The van der Waals surface area contributed by atoms with Crippen LogP contribution in [0.5, 0.6) is 0 Å². The number of carbonyl (C=O) groups is 3. The summed E-state index contributed by atoms with van der Waals surface area (Å²) < 4.78 is 5.65. The molecule has 4 rings (SSSR count). The minimum absolute atomic E-state index is 0.253. The zero-order valence-corrected chi connectivity index (χ0v) is 15.7. The second-order valence-electron chi connectivity index (χ2n) is 7.42. The number of rotatable bonds is 6. The Kier molecular flexibility index (Phi) is 5.31. The van der Waals surface area contributed by atoms with Crippen molar-refractivity contribution in [2.24, 2.45) is 11.8 Å². The van der Waals surface area contributed by atoms with Gasteiger partial charge in [-0.15, -0.1) is 0 Å². The molecular weight excluding hydrogens is 372 g/mol. The molecule has 2 fully saturated rings. The molecule has 2 aliphatic heterocycles. The molecule has 7 nitrogen and oxygen atoms in total. The third-order valence-electron chi connectivity index (χ3n) is 5.55. The van der Waals surface area contributed by atoms with Crippen molar-refractivity contribution >= 4 is 23.5 Å². The number of nitrogens with one attached hydrogen (secondary N) is 2. The van der Waals surface area contributed by atoms with E-state index in [0.29, 0.717) is 30.6 Å². The first-order valence-electron chi connectivity index (χ1n) is 9.64. The molecule has 0 radical (unpaired) electrons. The van der Waals surface area contributed by atoms with Crippen LogP contribution in [0.2, 0.25) is 0 Å². The van der Waals surface area contributed by atoms with Gasteiger partial charge in [0.2, 0.25) is 5.91 Å². The number of amides is 2. The first kappa shape index (κ1) is 19.1. The van der Waals surface area contributed by atoms with Gasteiger partial charge in [0, 0.05) is 17.8 Å². The van der Waals surface area contributed by atoms with Crippen LogP contribution >= 0.6 is 0 Å². The van der Waals surface area contributed by atoms with Gasteiger partial charge >= 0.3 is 5.97 Å². The van der Waals surface area contributed by atoms with Crippen molar-refractivity contribution in [3.05, 3.63) is 65.7 Å². The molecular formula is C22H22N2O5. The predicted octanol–water partition coefficient (Wildman–Crippen LogP) is 2.43. The zero-order chi connectivity index (χ0) is 20.4. The quantitative estimate of drug-likeness (QED) is 0.698. The molecule has 0 aliphatic carbocycles. The summed E-state index contributed by atoms with van der Waals surface area (Å²) in [5, 5.41) is 15.1. The second-order valence-corrected chi connectivity index (χ2v) is 7.42. The number of hydrogen-bond donors (Lipinski definition) is 3. The lowest BCUT2D eigenvalue weighted by Gasteiger charge is -2.23. The normalized spacial score (nSPS) is 24.8. The first-order valence-corrected chi connectivity index (χ1v) is 9.64. The highest BCUT2D eigenvalue weighted by molar-refractivity contribution is 5.99. The van der Waals surface area contributed by atoms with Crippen molar-refractivity contribution in [3.8, 4) is 0 Å². The maximum Gasteiger partial charge on any atom is 0.310 e. The van der Waals surface area contributed by atoms with Crippen LogP contribution in [0.1, 0.15) is 28.8 Å². The van der Waals surface area contributed by atoms with Crippen LogP contribution in [0.4, 0.5) is 5.69 Å². The first-order chi connectivity index (χ1) is 14.0. The van der Waals surface area contributed by atoms with Crippen LogP contribution in [0.15, 0.2) is 54.6 Å². The monoisotopic (exact) mass is 394 g/mol. The summed E-state index contributed by atoms with van der Waals surface area (Å²) in [6, 6.07) is 16.2. The highest BCUT2D eigenvalue weighted by Crippen LogP contribution is 2.44. The fourth-order valence-electron chi connectivity index (χ4n) is 4.17. The van der Waals surface area contributed by atoms with Gasteiger partial charge in [0.1, 0.15) is 0 Å².